The summed E-state index contributed by atoms with van der Waals surface area (Å²) in [5.41, 5.74) is 3.24. The van der Waals surface area contributed by atoms with Crippen molar-refractivity contribution in [2.45, 2.75) is 53.1 Å². The molecule has 1 fully saturated rings. The lowest BCUT2D eigenvalue weighted by atomic mass is 10.1. The number of likely N-dealkylation sites (N-methyl/N-ethyl adjacent to an activating group) is 1. The molecule has 1 atom stereocenters. The van der Waals surface area contributed by atoms with Gasteiger partial charge in [-0.15, -0.1) is 0 Å². The molecule has 1 saturated heterocycles. The number of piperazine rings is 1. The van der Waals surface area contributed by atoms with Gasteiger partial charge in [-0.05, 0) is 62.7 Å². The van der Waals surface area contributed by atoms with E-state index in [0.717, 1.165) is 61.8 Å². The van der Waals surface area contributed by atoms with Gasteiger partial charge in [0.05, 0.1) is 24.3 Å². The molecule has 0 aliphatic carbocycles. The Bertz CT molecular complexity index is 1200. The van der Waals surface area contributed by atoms with Gasteiger partial charge in [-0.25, -0.2) is 13.5 Å². The van der Waals surface area contributed by atoms with Crippen molar-refractivity contribution in [1.82, 2.24) is 19.6 Å². The first-order valence-electron chi connectivity index (χ1n) is 13.2. The first kappa shape index (κ1) is 26.8. The average molecular weight is 510 g/mol. The number of amides is 1. The molecule has 1 aromatic heterocycles. The molecule has 2 aromatic carbocycles. The van der Waals surface area contributed by atoms with Crippen LogP contribution in [-0.4, -0.2) is 64.3 Å². The third-order valence-electron chi connectivity index (χ3n) is 7.37. The second-order valence-electron chi connectivity index (χ2n) is 9.78. The van der Waals surface area contributed by atoms with Crippen molar-refractivity contribution in [2.75, 3.05) is 37.6 Å². The Morgan fingerprint density at radius 1 is 1.03 bits per heavy atom. The second-order valence-corrected chi connectivity index (χ2v) is 9.78. The number of halogens is 2. The first-order valence-corrected chi connectivity index (χ1v) is 13.2. The van der Waals surface area contributed by atoms with E-state index in [2.05, 4.69) is 30.6 Å². The van der Waals surface area contributed by atoms with Gasteiger partial charge in [-0.2, -0.15) is 5.10 Å². The lowest BCUT2D eigenvalue weighted by Gasteiger charge is -2.37. The van der Waals surface area contributed by atoms with Gasteiger partial charge in [0, 0.05) is 37.8 Å². The average Bonchev–Trinajstić information content (AvgIpc) is 3.23. The molecule has 0 N–H and O–H groups in total. The zero-order valence-corrected chi connectivity index (χ0v) is 22.3. The van der Waals surface area contributed by atoms with Crippen LogP contribution >= 0.6 is 0 Å². The molecule has 37 heavy (non-hydrogen) atoms. The number of carbonyl (C=O) groups excluding carboxylic acids is 1. The van der Waals surface area contributed by atoms with Crippen molar-refractivity contribution in [3.05, 3.63) is 77.0 Å². The standard InChI is InChI=1S/C29H37F2N5O/c1-5-21(3)35(28(37)18-23-10-12-24(30)13-11-23)20-27-22(4)32-36(26-9-7-8-25(31)19-26)29(27)34-16-14-33(6-2)15-17-34/h7-13,19,21H,5-6,14-18,20H2,1-4H3/t21-/m0/s1. The molecule has 2 heterocycles. The minimum absolute atomic E-state index is 0.00894. The number of hydrogen-bond acceptors (Lipinski definition) is 4. The molecule has 0 spiro atoms. The number of anilines is 1. The number of aryl methyl sites for hydroxylation is 1. The van der Waals surface area contributed by atoms with Crippen LogP contribution in [0.4, 0.5) is 14.6 Å². The second kappa shape index (κ2) is 11.9. The van der Waals surface area contributed by atoms with Crippen molar-refractivity contribution in [1.29, 1.82) is 0 Å². The Kier molecular flexibility index (Phi) is 8.59. The normalized spacial score (nSPS) is 15.1. The molecule has 0 radical (unpaired) electrons. The molecule has 3 aromatic rings. The maximum atomic E-state index is 14.2. The smallest absolute Gasteiger partial charge is 0.227 e. The highest BCUT2D eigenvalue weighted by Crippen LogP contribution is 2.31. The monoisotopic (exact) mass is 509 g/mol. The summed E-state index contributed by atoms with van der Waals surface area (Å²) < 4.78 is 29.4. The predicted molar refractivity (Wildman–Crippen MR) is 143 cm³/mol. The molecule has 1 aliphatic heterocycles. The molecule has 4 rings (SSSR count). The Labute approximate surface area is 218 Å². The maximum Gasteiger partial charge on any atom is 0.227 e. The molecule has 0 unspecified atom stereocenters. The van der Waals surface area contributed by atoms with E-state index in [1.54, 1.807) is 18.2 Å². The molecular formula is C29H37F2N5O. The minimum Gasteiger partial charge on any atom is -0.354 e. The van der Waals surface area contributed by atoms with Crippen LogP contribution < -0.4 is 4.90 Å². The van der Waals surface area contributed by atoms with E-state index in [1.807, 2.05) is 22.6 Å². The highest BCUT2D eigenvalue weighted by atomic mass is 19.1. The fourth-order valence-corrected chi connectivity index (χ4v) is 4.88. The molecule has 0 bridgehead atoms. The number of rotatable bonds is 9. The van der Waals surface area contributed by atoms with Crippen LogP contribution in [0.3, 0.4) is 0 Å². The van der Waals surface area contributed by atoms with Gasteiger partial charge in [0.1, 0.15) is 17.5 Å². The van der Waals surface area contributed by atoms with Gasteiger partial charge >= 0.3 is 0 Å². The quantitative estimate of drug-likeness (QED) is 0.409. The minimum atomic E-state index is -0.316. The number of carbonyl (C=O) groups is 1. The van der Waals surface area contributed by atoms with Crippen LogP contribution in [0.2, 0.25) is 0 Å². The number of benzene rings is 2. The van der Waals surface area contributed by atoms with E-state index >= 15 is 0 Å². The molecule has 6 nitrogen and oxygen atoms in total. The molecule has 198 valence electrons. The van der Waals surface area contributed by atoms with E-state index in [9.17, 15) is 13.6 Å². The van der Waals surface area contributed by atoms with E-state index in [1.165, 1.54) is 24.3 Å². The summed E-state index contributed by atoms with van der Waals surface area (Å²) in [7, 11) is 0. The van der Waals surface area contributed by atoms with Crippen molar-refractivity contribution >= 4 is 11.7 Å². The van der Waals surface area contributed by atoms with Crippen molar-refractivity contribution in [3.8, 4) is 5.69 Å². The molecular weight excluding hydrogens is 472 g/mol. The summed E-state index contributed by atoms with van der Waals surface area (Å²) >= 11 is 0. The predicted octanol–water partition coefficient (Wildman–Crippen LogP) is 4.97. The highest BCUT2D eigenvalue weighted by Gasteiger charge is 2.29. The van der Waals surface area contributed by atoms with E-state index in [-0.39, 0.29) is 30.0 Å². The van der Waals surface area contributed by atoms with Gasteiger partial charge in [-0.3, -0.25) is 4.79 Å². The van der Waals surface area contributed by atoms with E-state index in [0.29, 0.717) is 12.2 Å². The van der Waals surface area contributed by atoms with Crippen molar-refractivity contribution < 1.29 is 13.6 Å². The van der Waals surface area contributed by atoms with Crippen LogP contribution in [0, 0.1) is 18.6 Å². The Balaban J connectivity index is 1.71. The summed E-state index contributed by atoms with van der Waals surface area (Å²) in [5.74, 6) is 0.273. The lowest BCUT2D eigenvalue weighted by molar-refractivity contribution is -0.133. The van der Waals surface area contributed by atoms with E-state index < -0.39 is 0 Å². The summed E-state index contributed by atoms with van der Waals surface area (Å²) in [6, 6.07) is 12.6. The molecule has 8 heteroatoms. The zero-order chi connectivity index (χ0) is 26.5. The fourth-order valence-electron chi connectivity index (χ4n) is 4.88. The topological polar surface area (TPSA) is 44.6 Å². The fraction of sp³-hybridized carbons (Fsp3) is 0.448. The van der Waals surface area contributed by atoms with Crippen LogP contribution in [0.5, 0.6) is 0 Å². The van der Waals surface area contributed by atoms with Gasteiger partial charge in [-0.1, -0.05) is 32.0 Å². The Morgan fingerprint density at radius 2 is 1.73 bits per heavy atom. The Morgan fingerprint density at radius 3 is 2.35 bits per heavy atom. The Hall–Kier alpha value is -3.26. The number of hydrogen-bond donors (Lipinski definition) is 0. The summed E-state index contributed by atoms with van der Waals surface area (Å²) in [4.78, 5) is 20.2. The van der Waals surface area contributed by atoms with Crippen LogP contribution in [0.25, 0.3) is 5.69 Å². The maximum absolute atomic E-state index is 14.2. The largest absolute Gasteiger partial charge is 0.354 e. The highest BCUT2D eigenvalue weighted by molar-refractivity contribution is 5.79. The summed E-state index contributed by atoms with van der Waals surface area (Å²) in [6.45, 7) is 13.2. The van der Waals surface area contributed by atoms with Gasteiger partial charge in [0.2, 0.25) is 5.91 Å². The summed E-state index contributed by atoms with van der Waals surface area (Å²) in [6.07, 6.45) is 1.00. The third kappa shape index (κ3) is 6.18. The van der Waals surface area contributed by atoms with Gasteiger partial charge < -0.3 is 14.7 Å². The van der Waals surface area contributed by atoms with E-state index in [4.69, 9.17) is 5.10 Å². The van der Waals surface area contributed by atoms with Crippen LogP contribution in [0.15, 0.2) is 48.5 Å². The lowest BCUT2D eigenvalue weighted by Crippen LogP contribution is -2.47. The SMILES string of the molecule is CC[C@H](C)N(Cc1c(C)nn(-c2cccc(F)c2)c1N1CCN(CC)CC1)C(=O)Cc1ccc(F)cc1. The van der Waals surface area contributed by atoms with Crippen LogP contribution in [0.1, 0.15) is 44.0 Å². The zero-order valence-electron chi connectivity index (χ0n) is 22.3. The summed E-state index contributed by atoms with van der Waals surface area (Å²) in [5, 5.41) is 4.84. The van der Waals surface area contributed by atoms with Gasteiger partial charge in [0.25, 0.3) is 0 Å². The third-order valence-corrected chi connectivity index (χ3v) is 7.37. The van der Waals surface area contributed by atoms with Crippen molar-refractivity contribution in [2.24, 2.45) is 0 Å². The number of aromatic nitrogens is 2. The molecule has 1 aliphatic rings. The molecule has 1 amide bonds. The van der Waals surface area contributed by atoms with Gasteiger partial charge in [0.15, 0.2) is 0 Å². The number of nitrogens with zero attached hydrogens (tertiary/aromatic N) is 5. The molecule has 0 saturated carbocycles. The van der Waals surface area contributed by atoms with Crippen LogP contribution in [-0.2, 0) is 17.8 Å². The van der Waals surface area contributed by atoms with Crippen molar-refractivity contribution in [3.63, 3.8) is 0 Å². The first-order chi connectivity index (χ1) is 17.8.